The zero-order valence-electron chi connectivity index (χ0n) is 11.1. The number of hydrogen-bond donors (Lipinski definition) is 1. The van der Waals surface area contributed by atoms with Gasteiger partial charge in [0.05, 0.1) is 18.0 Å². The number of furan rings is 1. The van der Waals surface area contributed by atoms with E-state index >= 15 is 0 Å². The third-order valence-corrected chi connectivity index (χ3v) is 3.43. The lowest BCUT2D eigenvalue weighted by Gasteiger charge is -2.04. The van der Waals surface area contributed by atoms with Crippen molar-refractivity contribution in [2.45, 2.75) is 13.3 Å². The van der Waals surface area contributed by atoms with Crippen molar-refractivity contribution in [1.29, 1.82) is 0 Å². The fourth-order valence-corrected chi connectivity index (χ4v) is 2.55. The molecule has 2 aromatic heterocycles. The molecular formula is C15H16N2O2. The SMILES string of the molecule is Cc1nc(CCO)n(C)c1-c1coc2ccccc12. The van der Waals surface area contributed by atoms with Gasteiger partial charge in [0.25, 0.3) is 0 Å². The van der Waals surface area contributed by atoms with Crippen LogP contribution in [0.1, 0.15) is 11.5 Å². The fraction of sp³-hybridized carbons (Fsp3) is 0.267. The topological polar surface area (TPSA) is 51.2 Å². The molecule has 1 N–H and O–H groups in total. The summed E-state index contributed by atoms with van der Waals surface area (Å²) >= 11 is 0. The Morgan fingerprint density at radius 1 is 1.32 bits per heavy atom. The number of aliphatic hydroxyl groups is 1. The minimum absolute atomic E-state index is 0.107. The summed E-state index contributed by atoms with van der Waals surface area (Å²) in [6.07, 6.45) is 2.34. The third-order valence-electron chi connectivity index (χ3n) is 3.43. The highest BCUT2D eigenvalue weighted by molar-refractivity contribution is 5.93. The Labute approximate surface area is 111 Å². The molecule has 0 amide bonds. The van der Waals surface area contributed by atoms with Crippen LogP contribution < -0.4 is 0 Å². The van der Waals surface area contributed by atoms with Gasteiger partial charge in [-0.3, -0.25) is 0 Å². The van der Waals surface area contributed by atoms with Gasteiger partial charge in [-0.25, -0.2) is 4.98 Å². The Morgan fingerprint density at radius 2 is 2.11 bits per heavy atom. The Morgan fingerprint density at radius 3 is 2.89 bits per heavy atom. The van der Waals surface area contributed by atoms with Crippen molar-refractivity contribution in [1.82, 2.24) is 9.55 Å². The van der Waals surface area contributed by atoms with Crippen molar-refractivity contribution < 1.29 is 9.52 Å². The van der Waals surface area contributed by atoms with Gasteiger partial charge in [0.1, 0.15) is 17.7 Å². The van der Waals surface area contributed by atoms with Crippen LogP contribution in [0.15, 0.2) is 34.9 Å². The largest absolute Gasteiger partial charge is 0.464 e. The quantitative estimate of drug-likeness (QED) is 0.783. The first-order valence-electron chi connectivity index (χ1n) is 6.32. The highest BCUT2D eigenvalue weighted by Crippen LogP contribution is 2.32. The van der Waals surface area contributed by atoms with E-state index in [1.807, 2.05) is 42.8 Å². The van der Waals surface area contributed by atoms with E-state index in [1.54, 1.807) is 6.26 Å². The second-order valence-electron chi connectivity index (χ2n) is 4.64. The van der Waals surface area contributed by atoms with Gasteiger partial charge in [-0.1, -0.05) is 18.2 Å². The van der Waals surface area contributed by atoms with Crippen LogP contribution in [-0.4, -0.2) is 21.3 Å². The maximum atomic E-state index is 9.07. The van der Waals surface area contributed by atoms with Crippen LogP contribution in [0.3, 0.4) is 0 Å². The first-order valence-corrected chi connectivity index (χ1v) is 6.32. The summed E-state index contributed by atoms with van der Waals surface area (Å²) in [6.45, 7) is 2.09. The van der Waals surface area contributed by atoms with Crippen LogP contribution in [0.4, 0.5) is 0 Å². The van der Waals surface area contributed by atoms with Crippen LogP contribution in [-0.2, 0) is 13.5 Å². The molecule has 0 aliphatic rings. The van der Waals surface area contributed by atoms with Crippen molar-refractivity contribution in [3.63, 3.8) is 0 Å². The smallest absolute Gasteiger partial charge is 0.134 e. The molecule has 2 heterocycles. The number of benzene rings is 1. The molecule has 0 aliphatic heterocycles. The van der Waals surface area contributed by atoms with Crippen molar-refractivity contribution in [3.8, 4) is 11.3 Å². The lowest BCUT2D eigenvalue weighted by Crippen LogP contribution is -2.01. The van der Waals surface area contributed by atoms with Gasteiger partial charge in [-0.2, -0.15) is 0 Å². The molecule has 0 atom stereocenters. The van der Waals surface area contributed by atoms with E-state index in [4.69, 9.17) is 9.52 Å². The number of hydrogen-bond acceptors (Lipinski definition) is 3. The average Bonchev–Trinajstić information content (AvgIpc) is 2.93. The predicted octanol–water partition coefficient (Wildman–Crippen LogP) is 2.68. The van der Waals surface area contributed by atoms with Gasteiger partial charge in [0, 0.05) is 24.4 Å². The Balaban J connectivity index is 2.21. The van der Waals surface area contributed by atoms with Crippen molar-refractivity contribution in [2.75, 3.05) is 6.61 Å². The fourth-order valence-electron chi connectivity index (χ4n) is 2.55. The lowest BCUT2D eigenvalue weighted by atomic mass is 10.1. The van der Waals surface area contributed by atoms with Crippen molar-refractivity contribution >= 4 is 11.0 Å². The number of nitrogens with zero attached hydrogens (tertiary/aromatic N) is 2. The van der Waals surface area contributed by atoms with E-state index in [2.05, 4.69) is 4.98 Å². The molecule has 0 saturated carbocycles. The van der Waals surface area contributed by atoms with Gasteiger partial charge in [0.2, 0.25) is 0 Å². The van der Waals surface area contributed by atoms with Crippen LogP contribution >= 0.6 is 0 Å². The van der Waals surface area contributed by atoms with Crippen LogP contribution in [0.5, 0.6) is 0 Å². The molecule has 0 saturated heterocycles. The molecule has 3 rings (SSSR count). The van der Waals surface area contributed by atoms with E-state index in [9.17, 15) is 0 Å². The molecule has 4 heteroatoms. The van der Waals surface area contributed by atoms with E-state index < -0.39 is 0 Å². The number of aliphatic hydroxyl groups excluding tert-OH is 1. The van der Waals surface area contributed by atoms with E-state index in [-0.39, 0.29) is 6.61 Å². The number of para-hydroxylation sites is 1. The number of aromatic nitrogens is 2. The summed E-state index contributed by atoms with van der Waals surface area (Å²) in [5.74, 6) is 0.889. The second kappa shape index (κ2) is 4.55. The van der Waals surface area contributed by atoms with Crippen molar-refractivity contribution in [2.24, 2.45) is 7.05 Å². The molecule has 0 bridgehead atoms. The van der Waals surface area contributed by atoms with Crippen LogP contribution in [0.2, 0.25) is 0 Å². The molecule has 0 fully saturated rings. The van der Waals surface area contributed by atoms with E-state index in [0.29, 0.717) is 6.42 Å². The maximum Gasteiger partial charge on any atom is 0.134 e. The summed E-state index contributed by atoms with van der Waals surface area (Å²) in [7, 11) is 1.97. The van der Waals surface area contributed by atoms with Gasteiger partial charge in [-0.15, -0.1) is 0 Å². The summed E-state index contributed by atoms with van der Waals surface area (Å²) in [6, 6.07) is 7.97. The first-order chi connectivity index (χ1) is 9.22. The predicted molar refractivity (Wildman–Crippen MR) is 73.9 cm³/mol. The van der Waals surface area contributed by atoms with Gasteiger partial charge in [-0.05, 0) is 13.0 Å². The van der Waals surface area contributed by atoms with Gasteiger partial charge < -0.3 is 14.1 Å². The molecule has 4 nitrogen and oxygen atoms in total. The standard InChI is InChI=1S/C15H16N2O2/c1-10-15(17(2)14(16-10)7-8-18)12-9-19-13-6-4-3-5-11(12)13/h3-6,9,18H,7-8H2,1-2H3. The van der Waals surface area contributed by atoms with E-state index in [1.165, 1.54) is 0 Å². The molecule has 19 heavy (non-hydrogen) atoms. The molecule has 1 aromatic carbocycles. The molecular weight excluding hydrogens is 240 g/mol. The van der Waals surface area contributed by atoms with E-state index in [0.717, 1.165) is 33.7 Å². The van der Waals surface area contributed by atoms with Crippen LogP contribution in [0, 0.1) is 6.92 Å². The molecule has 3 aromatic rings. The lowest BCUT2D eigenvalue weighted by molar-refractivity contribution is 0.295. The monoisotopic (exact) mass is 256 g/mol. The third kappa shape index (κ3) is 1.85. The molecule has 98 valence electrons. The van der Waals surface area contributed by atoms with Gasteiger partial charge >= 0.3 is 0 Å². The summed E-state index contributed by atoms with van der Waals surface area (Å²) in [5.41, 5.74) is 3.93. The molecule has 0 radical (unpaired) electrons. The normalized spacial score (nSPS) is 11.3. The Hall–Kier alpha value is -2.07. The van der Waals surface area contributed by atoms with Crippen LogP contribution in [0.25, 0.3) is 22.2 Å². The van der Waals surface area contributed by atoms with Gasteiger partial charge in [0.15, 0.2) is 0 Å². The van der Waals surface area contributed by atoms with Crippen molar-refractivity contribution in [3.05, 3.63) is 42.0 Å². The second-order valence-corrected chi connectivity index (χ2v) is 4.64. The highest BCUT2D eigenvalue weighted by atomic mass is 16.3. The zero-order valence-corrected chi connectivity index (χ0v) is 11.1. The zero-order chi connectivity index (χ0) is 13.4. The molecule has 0 spiro atoms. The number of fused-ring (bicyclic) bond motifs is 1. The number of aryl methyl sites for hydroxylation is 1. The Kier molecular flexibility index (Phi) is 2.87. The average molecular weight is 256 g/mol. The molecule has 0 unspecified atom stereocenters. The summed E-state index contributed by atoms with van der Waals surface area (Å²) in [4.78, 5) is 4.52. The first kappa shape index (κ1) is 12.0. The Bertz CT molecular complexity index is 725. The summed E-state index contributed by atoms with van der Waals surface area (Å²) in [5, 5.41) is 10.2. The number of imidazole rings is 1. The minimum atomic E-state index is 0.107. The minimum Gasteiger partial charge on any atom is -0.464 e. The number of rotatable bonds is 3. The highest BCUT2D eigenvalue weighted by Gasteiger charge is 2.17. The molecule has 0 aliphatic carbocycles. The maximum absolute atomic E-state index is 9.07. The summed E-state index contributed by atoms with van der Waals surface area (Å²) < 4.78 is 7.62.